The molecule has 0 bridgehead atoms. The fourth-order valence-electron chi connectivity index (χ4n) is 2.52. The normalized spacial score (nSPS) is 16.7. The molecule has 1 aliphatic rings. The molecule has 0 aromatic heterocycles. The molecule has 0 saturated heterocycles. The minimum atomic E-state index is -0.108. The molecule has 4 nitrogen and oxygen atoms in total. The van der Waals surface area contributed by atoms with Gasteiger partial charge in [-0.25, -0.2) is 0 Å². The molecule has 2 aromatic carbocycles. The lowest BCUT2D eigenvalue weighted by Crippen LogP contribution is -2.32. The van der Waals surface area contributed by atoms with E-state index in [1.807, 2.05) is 37.3 Å². The fraction of sp³-hybridized carbons (Fsp3) is 0.235. The van der Waals surface area contributed by atoms with E-state index in [0.29, 0.717) is 17.9 Å². The molecule has 1 heterocycles. The summed E-state index contributed by atoms with van der Waals surface area (Å²) in [5.74, 6) is 0.737. The highest BCUT2D eigenvalue weighted by atomic mass is 16.5. The lowest BCUT2D eigenvalue weighted by atomic mass is 10.00. The molecule has 3 rings (SSSR count). The molecule has 108 valence electrons. The number of aryl methyl sites for hydroxylation is 1. The SMILES string of the molecule is Cc1ccc(C(=O)NC2CCOc3ccccc32)cc1N. The number of nitrogens with two attached hydrogens (primary N) is 1. The van der Waals surface area contributed by atoms with E-state index in [-0.39, 0.29) is 11.9 Å². The summed E-state index contributed by atoms with van der Waals surface area (Å²) in [6.45, 7) is 2.53. The Hall–Kier alpha value is -2.49. The summed E-state index contributed by atoms with van der Waals surface area (Å²) in [7, 11) is 0. The summed E-state index contributed by atoms with van der Waals surface area (Å²) in [6, 6.07) is 13.2. The predicted molar refractivity (Wildman–Crippen MR) is 82.4 cm³/mol. The van der Waals surface area contributed by atoms with Gasteiger partial charge in [-0.15, -0.1) is 0 Å². The van der Waals surface area contributed by atoms with Crippen LogP contribution in [0.4, 0.5) is 5.69 Å². The lowest BCUT2D eigenvalue weighted by molar-refractivity contribution is 0.0925. The second-order valence-electron chi connectivity index (χ2n) is 5.27. The van der Waals surface area contributed by atoms with Gasteiger partial charge in [-0.3, -0.25) is 4.79 Å². The second kappa shape index (κ2) is 5.48. The highest BCUT2D eigenvalue weighted by Gasteiger charge is 2.23. The zero-order valence-electron chi connectivity index (χ0n) is 11.9. The van der Waals surface area contributed by atoms with E-state index >= 15 is 0 Å². The van der Waals surface area contributed by atoms with E-state index in [4.69, 9.17) is 10.5 Å². The molecular weight excluding hydrogens is 264 g/mol. The van der Waals surface area contributed by atoms with Crippen molar-refractivity contribution in [3.8, 4) is 5.75 Å². The van der Waals surface area contributed by atoms with Crippen LogP contribution >= 0.6 is 0 Å². The first-order chi connectivity index (χ1) is 10.1. The molecule has 2 aromatic rings. The highest BCUT2D eigenvalue weighted by molar-refractivity contribution is 5.95. The quantitative estimate of drug-likeness (QED) is 0.832. The summed E-state index contributed by atoms with van der Waals surface area (Å²) >= 11 is 0. The molecule has 4 heteroatoms. The number of nitrogens with one attached hydrogen (secondary N) is 1. The van der Waals surface area contributed by atoms with Crippen LogP contribution in [0.5, 0.6) is 5.75 Å². The number of carbonyl (C=O) groups is 1. The number of amides is 1. The van der Waals surface area contributed by atoms with Gasteiger partial charge >= 0.3 is 0 Å². The molecule has 21 heavy (non-hydrogen) atoms. The number of hydrogen-bond donors (Lipinski definition) is 2. The zero-order chi connectivity index (χ0) is 14.8. The van der Waals surface area contributed by atoms with Crippen LogP contribution < -0.4 is 15.8 Å². The topological polar surface area (TPSA) is 64.3 Å². The molecule has 0 aliphatic carbocycles. The predicted octanol–water partition coefficient (Wildman–Crippen LogP) is 2.83. The number of para-hydroxylation sites is 1. The molecular formula is C17H18N2O2. The van der Waals surface area contributed by atoms with E-state index in [0.717, 1.165) is 23.3 Å². The Balaban J connectivity index is 1.81. The van der Waals surface area contributed by atoms with Crippen molar-refractivity contribution >= 4 is 11.6 Å². The van der Waals surface area contributed by atoms with Crippen molar-refractivity contribution in [1.29, 1.82) is 0 Å². The molecule has 1 unspecified atom stereocenters. The molecule has 3 N–H and O–H groups in total. The van der Waals surface area contributed by atoms with E-state index < -0.39 is 0 Å². The van der Waals surface area contributed by atoms with Gasteiger partial charge in [0.05, 0.1) is 12.6 Å². The third-order valence-electron chi connectivity index (χ3n) is 3.81. The Morgan fingerprint density at radius 2 is 2.10 bits per heavy atom. The molecule has 0 radical (unpaired) electrons. The molecule has 1 atom stereocenters. The zero-order valence-corrected chi connectivity index (χ0v) is 11.9. The third kappa shape index (κ3) is 2.70. The van der Waals surface area contributed by atoms with Gasteiger partial charge in [0.15, 0.2) is 0 Å². The summed E-state index contributed by atoms with van der Waals surface area (Å²) in [6.07, 6.45) is 0.768. The van der Waals surface area contributed by atoms with Gasteiger partial charge in [0.1, 0.15) is 5.75 Å². The number of carbonyl (C=O) groups excluding carboxylic acids is 1. The van der Waals surface area contributed by atoms with Crippen molar-refractivity contribution in [2.75, 3.05) is 12.3 Å². The van der Waals surface area contributed by atoms with E-state index in [1.54, 1.807) is 12.1 Å². The van der Waals surface area contributed by atoms with Crippen molar-refractivity contribution < 1.29 is 9.53 Å². The van der Waals surface area contributed by atoms with Gasteiger partial charge in [-0.2, -0.15) is 0 Å². The molecule has 1 aliphatic heterocycles. The Kier molecular flexibility index (Phi) is 3.52. The van der Waals surface area contributed by atoms with Crippen LogP contribution in [0.25, 0.3) is 0 Å². The van der Waals surface area contributed by atoms with Crippen LogP contribution in [0.1, 0.15) is 33.9 Å². The number of fused-ring (bicyclic) bond motifs is 1. The van der Waals surface area contributed by atoms with E-state index in [1.165, 1.54) is 0 Å². The Bertz CT molecular complexity index is 682. The van der Waals surface area contributed by atoms with Crippen molar-refractivity contribution in [3.63, 3.8) is 0 Å². The second-order valence-corrected chi connectivity index (χ2v) is 5.27. The van der Waals surface area contributed by atoms with Crippen LogP contribution in [0.15, 0.2) is 42.5 Å². The number of rotatable bonds is 2. The van der Waals surface area contributed by atoms with Crippen molar-refractivity contribution in [1.82, 2.24) is 5.32 Å². The average Bonchev–Trinajstić information content (AvgIpc) is 2.50. The van der Waals surface area contributed by atoms with Crippen molar-refractivity contribution in [3.05, 3.63) is 59.2 Å². The minimum absolute atomic E-state index is 0.0232. The third-order valence-corrected chi connectivity index (χ3v) is 3.81. The first kappa shape index (κ1) is 13.5. The van der Waals surface area contributed by atoms with Gasteiger partial charge in [-0.05, 0) is 30.7 Å². The summed E-state index contributed by atoms with van der Waals surface area (Å²) in [5, 5.41) is 3.06. The number of benzene rings is 2. The molecule has 0 saturated carbocycles. The average molecular weight is 282 g/mol. The van der Waals surface area contributed by atoms with Crippen molar-refractivity contribution in [2.24, 2.45) is 0 Å². The van der Waals surface area contributed by atoms with Gasteiger partial charge < -0.3 is 15.8 Å². The van der Waals surface area contributed by atoms with Crippen molar-refractivity contribution in [2.45, 2.75) is 19.4 Å². The fourth-order valence-corrected chi connectivity index (χ4v) is 2.52. The smallest absolute Gasteiger partial charge is 0.251 e. The van der Waals surface area contributed by atoms with E-state index in [9.17, 15) is 4.79 Å². The van der Waals surface area contributed by atoms with Gasteiger partial charge in [0.25, 0.3) is 5.91 Å². The summed E-state index contributed by atoms with van der Waals surface area (Å²) in [4.78, 5) is 12.4. The van der Waals surface area contributed by atoms with Crippen LogP contribution in [-0.4, -0.2) is 12.5 Å². The maximum absolute atomic E-state index is 12.4. The number of ether oxygens (including phenoxy) is 1. The van der Waals surface area contributed by atoms with E-state index in [2.05, 4.69) is 5.32 Å². The van der Waals surface area contributed by atoms with Crippen LogP contribution in [0.3, 0.4) is 0 Å². The Morgan fingerprint density at radius 3 is 2.90 bits per heavy atom. The Labute approximate surface area is 123 Å². The number of nitrogen functional groups attached to an aromatic ring is 1. The first-order valence-corrected chi connectivity index (χ1v) is 7.04. The molecule has 0 spiro atoms. The van der Waals surface area contributed by atoms with Crippen LogP contribution in [-0.2, 0) is 0 Å². The Morgan fingerprint density at radius 1 is 1.29 bits per heavy atom. The molecule has 0 fully saturated rings. The van der Waals surface area contributed by atoms with Gasteiger partial charge in [0.2, 0.25) is 0 Å². The first-order valence-electron chi connectivity index (χ1n) is 7.04. The highest BCUT2D eigenvalue weighted by Crippen LogP contribution is 2.31. The maximum atomic E-state index is 12.4. The summed E-state index contributed by atoms with van der Waals surface area (Å²) in [5.41, 5.74) is 9.09. The standard InChI is InChI=1S/C17H18N2O2/c1-11-6-7-12(10-14(11)18)17(20)19-15-8-9-21-16-5-3-2-4-13(15)16/h2-7,10,15H,8-9,18H2,1H3,(H,19,20). The van der Waals surface area contributed by atoms with Gasteiger partial charge in [0, 0.05) is 23.2 Å². The monoisotopic (exact) mass is 282 g/mol. The molecule has 1 amide bonds. The van der Waals surface area contributed by atoms with Gasteiger partial charge in [-0.1, -0.05) is 24.3 Å². The summed E-state index contributed by atoms with van der Waals surface area (Å²) < 4.78 is 5.60. The van der Waals surface area contributed by atoms with Crippen LogP contribution in [0.2, 0.25) is 0 Å². The lowest BCUT2D eigenvalue weighted by Gasteiger charge is -2.26. The maximum Gasteiger partial charge on any atom is 0.251 e. The minimum Gasteiger partial charge on any atom is -0.493 e. The number of hydrogen-bond acceptors (Lipinski definition) is 3. The largest absolute Gasteiger partial charge is 0.493 e. The number of anilines is 1. The van der Waals surface area contributed by atoms with Crippen LogP contribution in [0, 0.1) is 6.92 Å².